The molecule has 0 unspecified atom stereocenters. The lowest BCUT2D eigenvalue weighted by Crippen LogP contribution is -2.44. The number of rotatable bonds is 6. The Bertz CT molecular complexity index is 486. The zero-order valence-corrected chi connectivity index (χ0v) is 14.9. The first-order valence-corrected chi connectivity index (χ1v) is 9.85. The first-order chi connectivity index (χ1) is 11.3. The second-order valence-corrected chi connectivity index (χ2v) is 7.48. The molecule has 0 bridgehead atoms. The van der Waals surface area contributed by atoms with Crippen LogP contribution < -0.4 is 14.8 Å². The molecule has 1 aromatic rings. The van der Waals surface area contributed by atoms with Crippen molar-refractivity contribution in [2.75, 3.05) is 51.3 Å². The van der Waals surface area contributed by atoms with Gasteiger partial charge in [-0.05, 0) is 48.5 Å². The smallest absolute Gasteiger partial charge is 0.161 e. The molecule has 2 aliphatic heterocycles. The third kappa shape index (κ3) is 5.03. The molecule has 0 amide bonds. The van der Waals surface area contributed by atoms with Gasteiger partial charge in [-0.3, -0.25) is 0 Å². The van der Waals surface area contributed by atoms with Crippen molar-refractivity contribution in [2.45, 2.75) is 25.4 Å². The third-order valence-electron chi connectivity index (χ3n) is 4.62. The van der Waals surface area contributed by atoms with E-state index in [4.69, 9.17) is 9.47 Å². The van der Waals surface area contributed by atoms with E-state index in [-0.39, 0.29) is 0 Å². The number of hydrogen-bond acceptors (Lipinski definition) is 5. The maximum absolute atomic E-state index is 6.25. The van der Waals surface area contributed by atoms with Crippen molar-refractivity contribution in [2.24, 2.45) is 0 Å². The van der Waals surface area contributed by atoms with Crippen molar-refractivity contribution in [1.29, 1.82) is 0 Å². The highest BCUT2D eigenvalue weighted by Gasteiger charge is 2.18. The molecule has 2 aliphatic rings. The van der Waals surface area contributed by atoms with Gasteiger partial charge < -0.3 is 19.7 Å². The van der Waals surface area contributed by atoms with Gasteiger partial charge in [-0.15, -0.1) is 0 Å². The van der Waals surface area contributed by atoms with E-state index in [0.29, 0.717) is 6.10 Å². The summed E-state index contributed by atoms with van der Waals surface area (Å²) >= 11 is 2.02. The topological polar surface area (TPSA) is 33.7 Å². The Hall–Kier alpha value is -0.910. The van der Waals surface area contributed by atoms with Gasteiger partial charge in [-0.25, -0.2) is 0 Å². The Kier molecular flexibility index (Phi) is 6.48. The lowest BCUT2D eigenvalue weighted by atomic mass is 10.1. The summed E-state index contributed by atoms with van der Waals surface area (Å²) in [6, 6.07) is 6.41. The van der Waals surface area contributed by atoms with Crippen LogP contribution in [0.5, 0.6) is 11.5 Å². The van der Waals surface area contributed by atoms with E-state index >= 15 is 0 Å². The maximum Gasteiger partial charge on any atom is 0.161 e. The number of hydrogen-bond donors (Lipinski definition) is 1. The molecule has 2 heterocycles. The van der Waals surface area contributed by atoms with Gasteiger partial charge in [0.2, 0.25) is 0 Å². The Labute approximate surface area is 143 Å². The quantitative estimate of drug-likeness (QED) is 0.863. The molecule has 5 heteroatoms. The number of piperazine rings is 1. The van der Waals surface area contributed by atoms with E-state index in [2.05, 4.69) is 28.4 Å². The lowest BCUT2D eigenvalue weighted by Gasteiger charge is -2.27. The standard InChI is InChI=1S/C18H28N2O2S/c1-21-17-3-2-15(4-9-20-10-7-19-8-11-20)14-18(17)22-16-5-12-23-13-6-16/h2-3,14,16,19H,4-13H2,1H3. The predicted molar refractivity (Wildman–Crippen MR) is 97.0 cm³/mol. The zero-order chi connectivity index (χ0) is 15.9. The Morgan fingerprint density at radius 1 is 1.17 bits per heavy atom. The minimum absolute atomic E-state index is 0.341. The number of benzene rings is 1. The Morgan fingerprint density at radius 3 is 2.70 bits per heavy atom. The van der Waals surface area contributed by atoms with Crippen molar-refractivity contribution in [3.05, 3.63) is 23.8 Å². The fourth-order valence-corrected chi connectivity index (χ4v) is 4.23. The molecule has 3 rings (SSSR count). The summed E-state index contributed by atoms with van der Waals surface area (Å²) in [6.07, 6.45) is 3.69. The van der Waals surface area contributed by atoms with Gasteiger partial charge in [0.05, 0.1) is 7.11 Å². The molecular formula is C18H28N2O2S. The van der Waals surface area contributed by atoms with E-state index in [0.717, 1.165) is 63.5 Å². The van der Waals surface area contributed by atoms with Crippen LogP contribution in [0.2, 0.25) is 0 Å². The van der Waals surface area contributed by atoms with Gasteiger partial charge in [-0.2, -0.15) is 11.8 Å². The van der Waals surface area contributed by atoms with Crippen LogP contribution in [-0.4, -0.2) is 62.3 Å². The summed E-state index contributed by atoms with van der Waals surface area (Å²) < 4.78 is 11.7. The van der Waals surface area contributed by atoms with Crippen LogP contribution in [0, 0.1) is 0 Å². The van der Waals surface area contributed by atoms with E-state index < -0.39 is 0 Å². The SMILES string of the molecule is COc1ccc(CCN2CCNCC2)cc1OC1CCSCC1. The molecule has 23 heavy (non-hydrogen) atoms. The van der Waals surface area contributed by atoms with Crippen LogP contribution in [0.15, 0.2) is 18.2 Å². The summed E-state index contributed by atoms with van der Waals surface area (Å²) in [6.45, 7) is 5.64. The first kappa shape index (κ1) is 16.9. The molecule has 4 nitrogen and oxygen atoms in total. The second kappa shape index (κ2) is 8.81. The fraction of sp³-hybridized carbons (Fsp3) is 0.667. The highest BCUT2D eigenvalue weighted by Crippen LogP contribution is 2.31. The van der Waals surface area contributed by atoms with Crippen LogP contribution in [0.1, 0.15) is 18.4 Å². The average Bonchev–Trinajstić information content (AvgIpc) is 2.62. The highest BCUT2D eigenvalue weighted by atomic mass is 32.2. The Morgan fingerprint density at radius 2 is 1.96 bits per heavy atom. The average molecular weight is 337 g/mol. The number of nitrogens with one attached hydrogen (secondary N) is 1. The minimum Gasteiger partial charge on any atom is -0.493 e. The summed E-state index contributed by atoms with van der Waals surface area (Å²) in [5.41, 5.74) is 1.34. The van der Waals surface area contributed by atoms with Gasteiger partial charge in [0, 0.05) is 32.7 Å². The molecule has 0 spiro atoms. The molecule has 0 aliphatic carbocycles. The van der Waals surface area contributed by atoms with Gasteiger partial charge in [0.15, 0.2) is 11.5 Å². The number of nitrogens with zero attached hydrogens (tertiary/aromatic N) is 1. The molecule has 0 saturated carbocycles. The lowest BCUT2D eigenvalue weighted by molar-refractivity contribution is 0.184. The first-order valence-electron chi connectivity index (χ1n) is 8.69. The summed E-state index contributed by atoms with van der Waals surface area (Å²) in [5.74, 6) is 4.18. The van der Waals surface area contributed by atoms with Crippen LogP contribution in [0.25, 0.3) is 0 Å². The summed E-state index contributed by atoms with van der Waals surface area (Å²) in [5, 5.41) is 3.40. The van der Waals surface area contributed by atoms with Crippen LogP contribution in [0.4, 0.5) is 0 Å². The molecule has 0 radical (unpaired) electrons. The monoisotopic (exact) mass is 336 g/mol. The van der Waals surface area contributed by atoms with Crippen LogP contribution in [0.3, 0.4) is 0 Å². The molecule has 128 valence electrons. The number of methoxy groups -OCH3 is 1. The van der Waals surface area contributed by atoms with E-state index in [1.807, 2.05) is 11.8 Å². The Balaban J connectivity index is 1.60. The van der Waals surface area contributed by atoms with Crippen molar-refractivity contribution in [1.82, 2.24) is 10.2 Å². The van der Waals surface area contributed by atoms with Crippen molar-refractivity contribution in [3.8, 4) is 11.5 Å². The van der Waals surface area contributed by atoms with E-state index in [9.17, 15) is 0 Å². The number of thioether (sulfide) groups is 1. The van der Waals surface area contributed by atoms with Gasteiger partial charge >= 0.3 is 0 Å². The molecule has 0 aromatic heterocycles. The minimum atomic E-state index is 0.341. The van der Waals surface area contributed by atoms with E-state index in [1.165, 1.54) is 17.1 Å². The largest absolute Gasteiger partial charge is 0.493 e. The van der Waals surface area contributed by atoms with Crippen molar-refractivity contribution in [3.63, 3.8) is 0 Å². The predicted octanol–water partition coefficient (Wildman–Crippen LogP) is 2.42. The molecule has 2 fully saturated rings. The summed E-state index contributed by atoms with van der Waals surface area (Å²) in [7, 11) is 1.72. The third-order valence-corrected chi connectivity index (χ3v) is 5.67. The molecular weight excluding hydrogens is 308 g/mol. The number of ether oxygens (including phenoxy) is 2. The maximum atomic E-state index is 6.25. The van der Waals surface area contributed by atoms with E-state index in [1.54, 1.807) is 7.11 Å². The zero-order valence-electron chi connectivity index (χ0n) is 14.1. The highest BCUT2D eigenvalue weighted by molar-refractivity contribution is 7.99. The molecule has 1 N–H and O–H groups in total. The fourth-order valence-electron chi connectivity index (χ4n) is 3.16. The van der Waals surface area contributed by atoms with Gasteiger partial charge in [0.25, 0.3) is 0 Å². The molecule has 1 aromatic carbocycles. The molecule has 0 atom stereocenters. The van der Waals surface area contributed by atoms with Gasteiger partial charge in [-0.1, -0.05) is 6.07 Å². The van der Waals surface area contributed by atoms with Crippen molar-refractivity contribution >= 4 is 11.8 Å². The van der Waals surface area contributed by atoms with Crippen LogP contribution >= 0.6 is 11.8 Å². The second-order valence-electron chi connectivity index (χ2n) is 6.26. The van der Waals surface area contributed by atoms with Crippen LogP contribution in [-0.2, 0) is 6.42 Å². The molecule has 2 saturated heterocycles. The normalized spacial score (nSPS) is 20.4. The van der Waals surface area contributed by atoms with Crippen molar-refractivity contribution < 1.29 is 9.47 Å². The summed E-state index contributed by atoms with van der Waals surface area (Å²) in [4.78, 5) is 2.53. The van der Waals surface area contributed by atoms with Gasteiger partial charge in [0.1, 0.15) is 6.10 Å².